The molecule has 0 aromatic rings. The molecule has 4 nitrogen and oxygen atoms in total. The predicted octanol–water partition coefficient (Wildman–Crippen LogP) is 0.237. The van der Waals surface area contributed by atoms with Crippen molar-refractivity contribution in [2.24, 2.45) is 17.8 Å². The van der Waals surface area contributed by atoms with Gasteiger partial charge in [-0.3, -0.25) is 14.5 Å². The third-order valence-electron chi connectivity index (χ3n) is 3.20. The summed E-state index contributed by atoms with van der Waals surface area (Å²) in [6.45, 7) is 6.16. The van der Waals surface area contributed by atoms with E-state index in [4.69, 9.17) is 0 Å². The van der Waals surface area contributed by atoms with Gasteiger partial charge in [-0.05, 0) is 18.9 Å². The molecule has 2 saturated heterocycles. The van der Waals surface area contributed by atoms with Gasteiger partial charge in [0.25, 0.3) is 0 Å². The van der Waals surface area contributed by atoms with Gasteiger partial charge in [-0.15, -0.1) is 0 Å². The fourth-order valence-corrected chi connectivity index (χ4v) is 2.47. The number of nitrogens with one attached hydrogen (secondary N) is 1. The van der Waals surface area contributed by atoms with Gasteiger partial charge in [0.1, 0.15) is 0 Å². The molecule has 0 spiro atoms. The molecule has 0 aromatic heterocycles. The predicted molar refractivity (Wildman–Crippen MR) is 56.0 cm³/mol. The van der Waals surface area contributed by atoms with Crippen LogP contribution in [0.2, 0.25) is 0 Å². The van der Waals surface area contributed by atoms with E-state index in [1.807, 2.05) is 13.8 Å². The van der Waals surface area contributed by atoms with Crippen molar-refractivity contribution < 1.29 is 9.59 Å². The van der Waals surface area contributed by atoms with Crippen molar-refractivity contribution in [2.45, 2.75) is 20.3 Å². The Morgan fingerprint density at radius 3 is 2.60 bits per heavy atom. The molecule has 2 aliphatic rings. The van der Waals surface area contributed by atoms with Gasteiger partial charge in [0.2, 0.25) is 11.8 Å². The fourth-order valence-electron chi connectivity index (χ4n) is 2.47. The van der Waals surface area contributed by atoms with E-state index in [-0.39, 0.29) is 23.7 Å². The number of piperidine rings is 1. The first kappa shape index (κ1) is 10.6. The van der Waals surface area contributed by atoms with Crippen molar-refractivity contribution in [1.29, 1.82) is 0 Å². The Balaban J connectivity index is 2.14. The van der Waals surface area contributed by atoms with Gasteiger partial charge in [0.15, 0.2) is 0 Å². The van der Waals surface area contributed by atoms with Crippen molar-refractivity contribution in [1.82, 2.24) is 10.2 Å². The zero-order valence-corrected chi connectivity index (χ0v) is 9.32. The number of likely N-dealkylation sites (tertiary alicyclic amines) is 1. The topological polar surface area (TPSA) is 49.4 Å². The summed E-state index contributed by atoms with van der Waals surface area (Å²) in [6, 6.07) is 0. The van der Waals surface area contributed by atoms with Crippen molar-refractivity contribution in [3.05, 3.63) is 0 Å². The Hall–Kier alpha value is -0.900. The molecular formula is C11H18N2O2. The smallest absolute Gasteiger partial charge is 0.234 e. The largest absolute Gasteiger partial charge is 0.316 e. The lowest BCUT2D eigenvalue weighted by atomic mass is 9.89. The average molecular weight is 210 g/mol. The lowest BCUT2D eigenvalue weighted by Crippen LogP contribution is -2.38. The molecule has 0 aliphatic carbocycles. The maximum absolute atomic E-state index is 12.0. The molecule has 15 heavy (non-hydrogen) atoms. The molecule has 0 bridgehead atoms. The van der Waals surface area contributed by atoms with Gasteiger partial charge in [0, 0.05) is 13.1 Å². The van der Waals surface area contributed by atoms with E-state index >= 15 is 0 Å². The van der Waals surface area contributed by atoms with Crippen LogP contribution in [0, 0.1) is 17.8 Å². The molecule has 2 unspecified atom stereocenters. The van der Waals surface area contributed by atoms with E-state index in [2.05, 4.69) is 5.32 Å². The van der Waals surface area contributed by atoms with Crippen molar-refractivity contribution in [3.8, 4) is 0 Å². The van der Waals surface area contributed by atoms with Crippen LogP contribution in [-0.4, -0.2) is 36.3 Å². The van der Waals surface area contributed by atoms with E-state index in [1.165, 1.54) is 4.90 Å². The van der Waals surface area contributed by atoms with E-state index in [0.717, 1.165) is 13.0 Å². The lowest BCUT2D eigenvalue weighted by molar-refractivity contribution is -0.140. The van der Waals surface area contributed by atoms with Crippen molar-refractivity contribution in [2.75, 3.05) is 19.6 Å². The summed E-state index contributed by atoms with van der Waals surface area (Å²) in [5.74, 6) is 0.305. The molecule has 84 valence electrons. The van der Waals surface area contributed by atoms with Crippen LogP contribution < -0.4 is 5.32 Å². The molecule has 1 N–H and O–H groups in total. The molecular weight excluding hydrogens is 192 g/mol. The molecule has 2 amide bonds. The highest BCUT2D eigenvalue weighted by molar-refractivity contribution is 6.05. The van der Waals surface area contributed by atoms with Gasteiger partial charge in [-0.2, -0.15) is 0 Å². The van der Waals surface area contributed by atoms with Crippen molar-refractivity contribution in [3.63, 3.8) is 0 Å². The first-order valence-corrected chi connectivity index (χ1v) is 5.67. The van der Waals surface area contributed by atoms with Crippen LogP contribution in [-0.2, 0) is 9.59 Å². The average Bonchev–Trinajstić information content (AvgIpc) is 2.44. The monoisotopic (exact) mass is 210 g/mol. The Morgan fingerprint density at radius 1 is 1.33 bits per heavy atom. The van der Waals surface area contributed by atoms with Crippen LogP contribution >= 0.6 is 0 Å². The number of hydrogen-bond donors (Lipinski definition) is 1. The minimum atomic E-state index is -0.0926. The fraction of sp³-hybridized carbons (Fsp3) is 0.818. The number of rotatable bonds is 2. The van der Waals surface area contributed by atoms with E-state index < -0.39 is 0 Å². The Kier molecular flexibility index (Phi) is 2.78. The number of nitrogens with zero attached hydrogens (tertiary/aromatic N) is 1. The molecule has 2 atom stereocenters. The lowest BCUT2D eigenvalue weighted by Gasteiger charge is -2.21. The highest BCUT2D eigenvalue weighted by Gasteiger charge is 2.47. The summed E-state index contributed by atoms with van der Waals surface area (Å²) in [4.78, 5) is 25.4. The van der Waals surface area contributed by atoms with E-state index in [1.54, 1.807) is 0 Å². The van der Waals surface area contributed by atoms with Crippen LogP contribution in [0.3, 0.4) is 0 Å². The molecule has 2 aliphatic heterocycles. The molecule has 0 saturated carbocycles. The molecule has 2 heterocycles. The zero-order valence-electron chi connectivity index (χ0n) is 9.32. The molecule has 0 aromatic carbocycles. The number of carbonyl (C=O) groups excluding carboxylic acids is 2. The molecule has 2 fully saturated rings. The van der Waals surface area contributed by atoms with Crippen LogP contribution in [0.5, 0.6) is 0 Å². The zero-order chi connectivity index (χ0) is 11.0. The SMILES string of the molecule is CC(C)CN1C(=O)C2CCNCC2C1=O. The van der Waals surface area contributed by atoms with Crippen LogP contribution in [0.4, 0.5) is 0 Å². The molecule has 2 rings (SSSR count). The first-order valence-electron chi connectivity index (χ1n) is 5.67. The number of amides is 2. The summed E-state index contributed by atoms with van der Waals surface area (Å²) < 4.78 is 0. The van der Waals surface area contributed by atoms with Crippen LogP contribution in [0.15, 0.2) is 0 Å². The summed E-state index contributed by atoms with van der Waals surface area (Å²) >= 11 is 0. The maximum Gasteiger partial charge on any atom is 0.234 e. The third kappa shape index (κ3) is 1.78. The summed E-state index contributed by atoms with van der Waals surface area (Å²) in [7, 11) is 0. The summed E-state index contributed by atoms with van der Waals surface area (Å²) in [5.41, 5.74) is 0. The Morgan fingerprint density at radius 2 is 2.00 bits per heavy atom. The van der Waals surface area contributed by atoms with E-state index in [9.17, 15) is 9.59 Å². The normalized spacial score (nSPS) is 31.3. The number of imide groups is 1. The second kappa shape index (κ2) is 3.93. The minimum Gasteiger partial charge on any atom is -0.316 e. The Bertz CT molecular complexity index is 264. The van der Waals surface area contributed by atoms with E-state index in [0.29, 0.717) is 19.0 Å². The minimum absolute atomic E-state index is 0.0332. The maximum atomic E-state index is 12.0. The first-order chi connectivity index (χ1) is 7.11. The highest BCUT2D eigenvalue weighted by Crippen LogP contribution is 2.30. The number of carbonyl (C=O) groups is 2. The summed E-state index contributed by atoms with van der Waals surface area (Å²) in [6.07, 6.45) is 0.809. The standard InChI is InChI=1S/C11H18N2O2/c1-7(2)6-13-10(14)8-3-4-12-5-9(8)11(13)15/h7-9,12H,3-6H2,1-2H3. The Labute approximate surface area is 90.0 Å². The second-order valence-corrected chi connectivity index (χ2v) is 4.89. The van der Waals surface area contributed by atoms with Crippen molar-refractivity contribution >= 4 is 11.8 Å². The van der Waals surface area contributed by atoms with Gasteiger partial charge < -0.3 is 5.32 Å². The van der Waals surface area contributed by atoms with Gasteiger partial charge >= 0.3 is 0 Å². The quantitative estimate of drug-likeness (QED) is 0.664. The molecule has 0 radical (unpaired) electrons. The van der Waals surface area contributed by atoms with Gasteiger partial charge in [-0.25, -0.2) is 0 Å². The van der Waals surface area contributed by atoms with Crippen LogP contribution in [0.1, 0.15) is 20.3 Å². The summed E-state index contributed by atoms with van der Waals surface area (Å²) in [5, 5.41) is 3.18. The van der Waals surface area contributed by atoms with Gasteiger partial charge in [0.05, 0.1) is 11.8 Å². The van der Waals surface area contributed by atoms with Crippen LogP contribution in [0.25, 0.3) is 0 Å². The second-order valence-electron chi connectivity index (χ2n) is 4.89. The number of hydrogen-bond acceptors (Lipinski definition) is 3. The molecule has 4 heteroatoms. The van der Waals surface area contributed by atoms with Gasteiger partial charge in [-0.1, -0.05) is 13.8 Å². The highest BCUT2D eigenvalue weighted by atomic mass is 16.2. The third-order valence-corrected chi connectivity index (χ3v) is 3.20. The number of fused-ring (bicyclic) bond motifs is 1.